The molecule has 1 heterocycles. The molecular weight excluding hydrogens is 768 g/mol. The molecule has 6 aromatic rings. The Hall–Kier alpha value is -4.05. The van der Waals surface area contributed by atoms with Crippen molar-refractivity contribution in [3.63, 3.8) is 0 Å². The first-order valence-corrected chi connectivity index (χ1v) is 23.2. The zero-order valence-electron chi connectivity index (χ0n) is 39.4. The van der Waals surface area contributed by atoms with Crippen molar-refractivity contribution in [2.75, 3.05) is 9.80 Å². The van der Waals surface area contributed by atoms with E-state index in [9.17, 15) is 0 Å². The summed E-state index contributed by atoms with van der Waals surface area (Å²) in [4.78, 5) is 4.86. The van der Waals surface area contributed by atoms with E-state index in [2.05, 4.69) is 223 Å². The van der Waals surface area contributed by atoms with Gasteiger partial charge in [-0.1, -0.05) is 159 Å². The van der Waals surface area contributed by atoms with Crippen LogP contribution in [0.15, 0.2) is 102 Å². The van der Waals surface area contributed by atoms with Crippen molar-refractivity contribution in [1.82, 2.24) is 0 Å². The van der Waals surface area contributed by atoms with E-state index in [1.807, 2.05) is 11.3 Å². The largest absolute Gasteiger partial charge is 0.309 e. The van der Waals surface area contributed by atoms with Gasteiger partial charge in [0.1, 0.15) is 0 Å². The zero-order valence-corrected chi connectivity index (χ0v) is 41.0. The monoisotopic (exact) mass is 836 g/mol. The van der Waals surface area contributed by atoms with Gasteiger partial charge < -0.3 is 9.80 Å². The van der Waals surface area contributed by atoms with Gasteiger partial charge in [-0.15, -0.1) is 11.3 Å². The van der Waals surface area contributed by atoms with Crippen LogP contribution in [0.25, 0.3) is 10.1 Å². The van der Waals surface area contributed by atoms with Gasteiger partial charge in [-0.2, -0.15) is 0 Å². The van der Waals surface area contributed by atoms with Crippen molar-refractivity contribution in [3.05, 3.63) is 141 Å². The SMILES string of the molecule is CC(C)(C)c1ccc(N(c2ccc(C(C)(C)C)cc2)c2cc(C(C)(C)C)cc(N(c3ccc4c(c3)C(C)(C)CCC4(C)C)c3csc4ccc(C(C)(C)C)cc34)c2Cl)cc1. The van der Waals surface area contributed by atoms with Gasteiger partial charge in [-0.25, -0.2) is 0 Å². The van der Waals surface area contributed by atoms with Crippen LogP contribution in [0.2, 0.25) is 5.02 Å². The molecule has 1 aliphatic rings. The molecule has 0 saturated carbocycles. The fourth-order valence-electron chi connectivity index (χ4n) is 8.78. The Morgan fingerprint density at radius 3 is 1.37 bits per heavy atom. The van der Waals surface area contributed by atoms with E-state index in [-0.39, 0.29) is 32.5 Å². The minimum absolute atomic E-state index is 0.00218. The Labute approximate surface area is 372 Å². The Kier molecular flexibility index (Phi) is 11.1. The van der Waals surface area contributed by atoms with Crippen LogP contribution in [0.1, 0.15) is 157 Å². The van der Waals surface area contributed by atoms with Crippen LogP contribution in [0.5, 0.6) is 0 Å². The molecule has 0 bridgehead atoms. The van der Waals surface area contributed by atoms with Crippen molar-refractivity contribution < 1.29 is 0 Å². The molecule has 0 amide bonds. The predicted octanol–water partition coefficient (Wildman–Crippen LogP) is 18.0. The zero-order chi connectivity index (χ0) is 44.0. The first-order chi connectivity index (χ1) is 27.7. The highest BCUT2D eigenvalue weighted by atomic mass is 35.5. The lowest BCUT2D eigenvalue weighted by Gasteiger charge is -2.42. The molecule has 7 rings (SSSR count). The van der Waals surface area contributed by atoms with E-state index in [0.29, 0.717) is 5.02 Å². The first-order valence-electron chi connectivity index (χ1n) is 22.0. The minimum Gasteiger partial charge on any atom is -0.309 e. The quantitative estimate of drug-likeness (QED) is 0.165. The van der Waals surface area contributed by atoms with E-state index >= 15 is 0 Å². The molecule has 0 atom stereocenters. The lowest BCUT2D eigenvalue weighted by Crippen LogP contribution is -2.34. The number of hydrogen-bond acceptors (Lipinski definition) is 3. The van der Waals surface area contributed by atoms with Crippen LogP contribution >= 0.6 is 22.9 Å². The highest BCUT2D eigenvalue weighted by Crippen LogP contribution is 2.53. The molecule has 316 valence electrons. The van der Waals surface area contributed by atoms with E-state index < -0.39 is 0 Å². The average Bonchev–Trinajstić information content (AvgIpc) is 3.57. The lowest BCUT2D eigenvalue weighted by atomic mass is 9.63. The van der Waals surface area contributed by atoms with Gasteiger partial charge in [0, 0.05) is 32.5 Å². The molecule has 0 radical (unpaired) electrons. The predicted molar refractivity (Wildman–Crippen MR) is 266 cm³/mol. The van der Waals surface area contributed by atoms with E-state index in [1.165, 1.54) is 49.9 Å². The Balaban J connectivity index is 1.56. The van der Waals surface area contributed by atoms with Gasteiger partial charge in [-0.05, 0) is 139 Å². The summed E-state index contributed by atoms with van der Waals surface area (Å²) in [5.41, 5.74) is 14.4. The second-order valence-electron chi connectivity index (χ2n) is 22.9. The molecule has 0 spiro atoms. The molecule has 1 aromatic heterocycles. The molecule has 4 heteroatoms. The molecule has 0 fully saturated rings. The van der Waals surface area contributed by atoms with E-state index in [0.717, 1.165) is 40.5 Å². The number of thiophene rings is 1. The molecular formula is C56H69ClN2S. The molecule has 0 N–H and O–H groups in total. The van der Waals surface area contributed by atoms with Crippen LogP contribution < -0.4 is 9.80 Å². The molecule has 0 saturated heterocycles. The standard InChI is InChI=1S/C56H69ClN2S/c1-51(2,3)36-17-22-40(23-18-36)58(41-24-19-37(20-25-41)52(4,5)6)46-32-39(54(10,11)12)33-47(50(46)57)59(48-35-60-49-28-21-38(31-43(48)49)53(7,8)9)42-26-27-44-45(34-42)56(15,16)30-29-55(44,13)14/h17-28,31-35H,29-30H2,1-16H3. The van der Waals surface area contributed by atoms with Gasteiger partial charge in [0.15, 0.2) is 0 Å². The molecule has 0 aliphatic heterocycles. The summed E-state index contributed by atoms with van der Waals surface area (Å²) < 4.78 is 1.27. The van der Waals surface area contributed by atoms with Crippen LogP contribution in [0.4, 0.5) is 34.1 Å². The lowest BCUT2D eigenvalue weighted by molar-refractivity contribution is 0.332. The number of hydrogen-bond donors (Lipinski definition) is 0. The maximum atomic E-state index is 8.11. The van der Waals surface area contributed by atoms with Crippen molar-refractivity contribution in [2.24, 2.45) is 0 Å². The summed E-state index contributed by atoms with van der Waals surface area (Å²) in [5.74, 6) is 0. The number of rotatable bonds is 6. The minimum atomic E-state index is -0.171. The number of benzene rings is 5. The second kappa shape index (κ2) is 15.1. The van der Waals surface area contributed by atoms with Crippen LogP contribution in [0.3, 0.4) is 0 Å². The third-order valence-electron chi connectivity index (χ3n) is 13.1. The molecule has 1 aliphatic carbocycles. The number of anilines is 6. The summed E-state index contributed by atoms with van der Waals surface area (Å²) in [6.45, 7) is 37.2. The maximum absolute atomic E-state index is 8.11. The maximum Gasteiger partial charge on any atom is 0.0887 e. The topological polar surface area (TPSA) is 6.48 Å². The first kappa shape index (κ1) is 44.0. The molecule has 2 nitrogen and oxygen atoms in total. The summed E-state index contributed by atoms with van der Waals surface area (Å²) >= 11 is 9.92. The molecule has 0 unspecified atom stereocenters. The Morgan fingerprint density at radius 1 is 0.450 bits per heavy atom. The number of fused-ring (bicyclic) bond motifs is 2. The van der Waals surface area contributed by atoms with Gasteiger partial charge in [0.25, 0.3) is 0 Å². The van der Waals surface area contributed by atoms with Gasteiger partial charge in [0.2, 0.25) is 0 Å². The van der Waals surface area contributed by atoms with Crippen LogP contribution in [0, 0.1) is 0 Å². The van der Waals surface area contributed by atoms with Crippen molar-refractivity contribution in [2.45, 2.75) is 156 Å². The highest BCUT2D eigenvalue weighted by molar-refractivity contribution is 7.17. The number of halogens is 1. The Morgan fingerprint density at radius 2 is 0.883 bits per heavy atom. The summed E-state index contributed by atoms with van der Waals surface area (Å²) in [6.07, 6.45) is 2.32. The van der Waals surface area contributed by atoms with E-state index in [4.69, 9.17) is 11.6 Å². The van der Waals surface area contributed by atoms with Gasteiger partial charge >= 0.3 is 0 Å². The molecule has 60 heavy (non-hydrogen) atoms. The molecule has 5 aromatic carbocycles. The fourth-order valence-corrected chi connectivity index (χ4v) is 9.97. The third-order valence-corrected chi connectivity index (χ3v) is 14.5. The van der Waals surface area contributed by atoms with Crippen molar-refractivity contribution >= 4 is 67.1 Å². The summed E-state index contributed by atoms with van der Waals surface area (Å²) in [6, 6.07) is 37.2. The highest BCUT2D eigenvalue weighted by Gasteiger charge is 2.38. The summed E-state index contributed by atoms with van der Waals surface area (Å²) in [5, 5.41) is 4.31. The van der Waals surface area contributed by atoms with Gasteiger partial charge in [0.05, 0.1) is 22.1 Å². The Bertz CT molecular complexity index is 2470. The summed E-state index contributed by atoms with van der Waals surface area (Å²) in [7, 11) is 0. The average molecular weight is 838 g/mol. The van der Waals surface area contributed by atoms with Crippen LogP contribution in [-0.4, -0.2) is 0 Å². The third kappa shape index (κ3) is 8.43. The fraction of sp³-hybridized carbons (Fsp3) is 0.429. The van der Waals surface area contributed by atoms with E-state index in [1.54, 1.807) is 0 Å². The normalized spacial score (nSPS) is 15.6. The number of nitrogens with zero attached hydrogens (tertiary/aromatic N) is 2. The van der Waals surface area contributed by atoms with Gasteiger partial charge in [-0.3, -0.25) is 0 Å². The van der Waals surface area contributed by atoms with Crippen molar-refractivity contribution in [3.8, 4) is 0 Å². The second-order valence-corrected chi connectivity index (χ2v) is 24.2. The van der Waals surface area contributed by atoms with Crippen molar-refractivity contribution in [1.29, 1.82) is 0 Å². The van der Waals surface area contributed by atoms with Crippen LogP contribution in [-0.2, 0) is 32.5 Å². The smallest absolute Gasteiger partial charge is 0.0887 e.